The summed E-state index contributed by atoms with van der Waals surface area (Å²) in [5.74, 6) is -0.213. The second kappa shape index (κ2) is 5.71. The zero-order chi connectivity index (χ0) is 13.8. The first-order chi connectivity index (χ1) is 9.10. The molecule has 1 amide bonds. The first-order valence-electron chi connectivity index (χ1n) is 5.81. The van der Waals surface area contributed by atoms with E-state index < -0.39 is 0 Å². The van der Waals surface area contributed by atoms with E-state index in [0.717, 1.165) is 16.9 Å². The molecule has 0 aliphatic rings. The Hall–Kier alpha value is -2.07. The molecule has 1 aromatic heterocycles. The van der Waals surface area contributed by atoms with Crippen molar-refractivity contribution < 1.29 is 4.79 Å². The van der Waals surface area contributed by atoms with Crippen molar-refractivity contribution in [2.24, 2.45) is 0 Å². The minimum Gasteiger partial charge on any atom is -0.388 e. The fourth-order valence-electron chi connectivity index (χ4n) is 1.68. The number of amides is 1. The van der Waals surface area contributed by atoms with Crippen LogP contribution in [0.2, 0.25) is 5.15 Å². The highest BCUT2D eigenvalue weighted by Gasteiger charge is 2.07. The Morgan fingerprint density at radius 2 is 2.05 bits per heavy atom. The Labute approximate surface area is 116 Å². The fourth-order valence-corrected chi connectivity index (χ4v) is 1.79. The summed E-state index contributed by atoms with van der Waals surface area (Å²) in [6, 6.07) is 8.91. The number of nitrogens with one attached hydrogen (secondary N) is 2. The molecule has 0 fully saturated rings. The van der Waals surface area contributed by atoms with Gasteiger partial charge in [0.25, 0.3) is 5.91 Å². The standard InChI is InChI=1S/C14H14ClN3O/c1-9-3-5-11(7-12(9)16-2)18-14(19)10-4-6-13(15)17-8-10/h3-8,16H,1-2H3,(H,18,19). The third-order valence-corrected chi connectivity index (χ3v) is 2.98. The van der Waals surface area contributed by atoms with Gasteiger partial charge in [0.05, 0.1) is 5.56 Å². The summed E-state index contributed by atoms with van der Waals surface area (Å²) in [6.07, 6.45) is 1.45. The van der Waals surface area contributed by atoms with Crippen LogP contribution in [0.4, 0.5) is 11.4 Å². The van der Waals surface area contributed by atoms with Gasteiger partial charge < -0.3 is 10.6 Å². The summed E-state index contributed by atoms with van der Waals surface area (Å²) in [5.41, 5.74) is 3.30. The summed E-state index contributed by atoms with van der Waals surface area (Å²) < 4.78 is 0. The molecule has 0 saturated carbocycles. The van der Waals surface area contributed by atoms with Crippen molar-refractivity contribution in [3.63, 3.8) is 0 Å². The molecule has 2 aromatic rings. The van der Waals surface area contributed by atoms with Crippen LogP contribution in [0.5, 0.6) is 0 Å². The maximum absolute atomic E-state index is 12.0. The second-order valence-electron chi connectivity index (χ2n) is 4.10. The van der Waals surface area contributed by atoms with E-state index in [0.29, 0.717) is 10.7 Å². The zero-order valence-corrected chi connectivity index (χ0v) is 11.5. The van der Waals surface area contributed by atoms with Crippen LogP contribution in [-0.2, 0) is 0 Å². The average Bonchev–Trinajstić information content (AvgIpc) is 2.41. The van der Waals surface area contributed by atoms with Crippen molar-refractivity contribution >= 4 is 28.9 Å². The molecule has 0 spiro atoms. The largest absolute Gasteiger partial charge is 0.388 e. The van der Waals surface area contributed by atoms with Crippen LogP contribution < -0.4 is 10.6 Å². The molecule has 0 saturated heterocycles. The van der Waals surface area contributed by atoms with Gasteiger partial charge in [0.2, 0.25) is 0 Å². The number of aryl methyl sites for hydroxylation is 1. The molecule has 5 heteroatoms. The highest BCUT2D eigenvalue weighted by atomic mass is 35.5. The smallest absolute Gasteiger partial charge is 0.257 e. The number of nitrogens with zero attached hydrogens (tertiary/aromatic N) is 1. The average molecular weight is 276 g/mol. The number of benzene rings is 1. The molecule has 2 rings (SSSR count). The topological polar surface area (TPSA) is 54.0 Å². The lowest BCUT2D eigenvalue weighted by Crippen LogP contribution is -2.12. The quantitative estimate of drug-likeness (QED) is 0.845. The predicted octanol–water partition coefficient (Wildman–Crippen LogP) is 3.34. The van der Waals surface area contributed by atoms with Gasteiger partial charge in [0.1, 0.15) is 5.15 Å². The fraction of sp³-hybridized carbons (Fsp3) is 0.143. The summed E-state index contributed by atoms with van der Waals surface area (Å²) >= 11 is 5.68. The van der Waals surface area contributed by atoms with E-state index in [-0.39, 0.29) is 5.91 Å². The molecule has 1 aromatic carbocycles. The Morgan fingerprint density at radius 1 is 1.26 bits per heavy atom. The number of pyridine rings is 1. The van der Waals surface area contributed by atoms with Crippen molar-refractivity contribution in [2.45, 2.75) is 6.92 Å². The minimum absolute atomic E-state index is 0.213. The lowest BCUT2D eigenvalue weighted by molar-refractivity contribution is 0.102. The second-order valence-corrected chi connectivity index (χ2v) is 4.49. The molecule has 0 bridgehead atoms. The van der Waals surface area contributed by atoms with Gasteiger partial charge in [-0.25, -0.2) is 4.98 Å². The van der Waals surface area contributed by atoms with E-state index >= 15 is 0 Å². The molecule has 98 valence electrons. The van der Waals surface area contributed by atoms with E-state index in [2.05, 4.69) is 15.6 Å². The first kappa shape index (κ1) is 13.4. The van der Waals surface area contributed by atoms with Crippen LogP contribution in [0.1, 0.15) is 15.9 Å². The molecule has 19 heavy (non-hydrogen) atoms. The van der Waals surface area contributed by atoms with Crippen LogP contribution in [0.15, 0.2) is 36.5 Å². The predicted molar refractivity (Wildman–Crippen MR) is 77.9 cm³/mol. The Kier molecular flexibility index (Phi) is 4.02. The van der Waals surface area contributed by atoms with Gasteiger partial charge in [-0.2, -0.15) is 0 Å². The van der Waals surface area contributed by atoms with Gasteiger partial charge in [0.15, 0.2) is 0 Å². The van der Waals surface area contributed by atoms with E-state index in [1.54, 1.807) is 12.1 Å². The maximum atomic E-state index is 12.0. The minimum atomic E-state index is -0.213. The normalized spacial score (nSPS) is 10.1. The van der Waals surface area contributed by atoms with Crippen LogP contribution in [-0.4, -0.2) is 17.9 Å². The molecule has 0 aliphatic heterocycles. The Bertz CT molecular complexity index is 596. The number of halogens is 1. The van der Waals surface area contributed by atoms with Gasteiger partial charge in [-0.05, 0) is 36.8 Å². The third-order valence-electron chi connectivity index (χ3n) is 2.75. The van der Waals surface area contributed by atoms with Crippen LogP contribution >= 0.6 is 11.6 Å². The molecule has 0 aliphatic carbocycles. The molecule has 0 atom stereocenters. The number of carbonyl (C=O) groups excluding carboxylic acids is 1. The van der Waals surface area contributed by atoms with E-state index in [9.17, 15) is 4.79 Å². The molecular weight excluding hydrogens is 262 g/mol. The molecule has 1 heterocycles. The highest BCUT2D eigenvalue weighted by molar-refractivity contribution is 6.29. The van der Waals surface area contributed by atoms with Crippen molar-refractivity contribution in [1.29, 1.82) is 0 Å². The maximum Gasteiger partial charge on any atom is 0.257 e. The zero-order valence-electron chi connectivity index (χ0n) is 10.7. The molecule has 4 nitrogen and oxygen atoms in total. The van der Waals surface area contributed by atoms with Gasteiger partial charge in [-0.1, -0.05) is 17.7 Å². The Morgan fingerprint density at radius 3 is 2.68 bits per heavy atom. The summed E-state index contributed by atoms with van der Waals surface area (Å²) in [7, 11) is 1.84. The number of rotatable bonds is 3. The van der Waals surface area contributed by atoms with E-state index in [4.69, 9.17) is 11.6 Å². The van der Waals surface area contributed by atoms with Crippen LogP contribution in [0.25, 0.3) is 0 Å². The third kappa shape index (κ3) is 3.23. The highest BCUT2D eigenvalue weighted by Crippen LogP contribution is 2.20. The van der Waals surface area contributed by atoms with E-state index in [1.165, 1.54) is 6.20 Å². The van der Waals surface area contributed by atoms with Crippen molar-refractivity contribution in [2.75, 3.05) is 17.7 Å². The first-order valence-corrected chi connectivity index (χ1v) is 6.19. The van der Waals surface area contributed by atoms with Crippen LogP contribution in [0, 0.1) is 6.92 Å². The summed E-state index contributed by atoms with van der Waals surface area (Å²) in [5, 5.41) is 6.26. The molecule has 2 N–H and O–H groups in total. The monoisotopic (exact) mass is 275 g/mol. The lowest BCUT2D eigenvalue weighted by atomic mass is 10.1. The van der Waals surface area contributed by atoms with Gasteiger partial charge in [0, 0.05) is 24.6 Å². The summed E-state index contributed by atoms with van der Waals surface area (Å²) in [6.45, 7) is 2.00. The SMILES string of the molecule is CNc1cc(NC(=O)c2ccc(Cl)nc2)ccc1C. The molecular formula is C14H14ClN3O. The van der Waals surface area contributed by atoms with Crippen molar-refractivity contribution in [3.8, 4) is 0 Å². The van der Waals surface area contributed by atoms with Crippen molar-refractivity contribution in [3.05, 3.63) is 52.8 Å². The van der Waals surface area contributed by atoms with Gasteiger partial charge >= 0.3 is 0 Å². The number of anilines is 2. The Balaban J connectivity index is 2.17. The van der Waals surface area contributed by atoms with Crippen LogP contribution in [0.3, 0.4) is 0 Å². The summed E-state index contributed by atoms with van der Waals surface area (Å²) in [4.78, 5) is 15.9. The number of carbonyl (C=O) groups is 1. The van der Waals surface area contributed by atoms with Gasteiger partial charge in [-0.3, -0.25) is 4.79 Å². The molecule has 0 radical (unpaired) electrons. The van der Waals surface area contributed by atoms with Gasteiger partial charge in [-0.15, -0.1) is 0 Å². The lowest BCUT2D eigenvalue weighted by Gasteiger charge is -2.09. The molecule has 0 unspecified atom stereocenters. The number of hydrogen-bond acceptors (Lipinski definition) is 3. The van der Waals surface area contributed by atoms with Crippen molar-refractivity contribution in [1.82, 2.24) is 4.98 Å². The number of aromatic nitrogens is 1. The van der Waals surface area contributed by atoms with E-state index in [1.807, 2.05) is 32.2 Å². The number of hydrogen-bond donors (Lipinski definition) is 2.